The summed E-state index contributed by atoms with van der Waals surface area (Å²) >= 11 is 11.9. The summed E-state index contributed by atoms with van der Waals surface area (Å²) in [7, 11) is 1.77. The fourth-order valence-corrected chi connectivity index (χ4v) is 2.50. The number of halogens is 3. The molecule has 2 aromatic carbocycles. The van der Waals surface area contributed by atoms with Gasteiger partial charge >= 0.3 is 0 Å². The summed E-state index contributed by atoms with van der Waals surface area (Å²) in [6, 6.07) is 11.6. The molecule has 0 spiro atoms. The van der Waals surface area contributed by atoms with Crippen LogP contribution < -0.4 is 5.32 Å². The number of hydrogen-bond acceptors (Lipinski definition) is 1. The minimum absolute atomic E-state index is 0.257. The lowest BCUT2D eigenvalue weighted by Gasteiger charge is -2.18. The molecule has 1 nitrogen and oxygen atoms in total. The molecule has 1 N–H and O–H groups in total. The Morgan fingerprint density at radius 2 is 1.67 bits per heavy atom. The molecule has 0 aromatic heterocycles. The van der Waals surface area contributed by atoms with Crippen molar-refractivity contribution >= 4 is 23.2 Å². The molecule has 1 atom stereocenters. The fourth-order valence-electron chi connectivity index (χ4n) is 1.95. The highest BCUT2D eigenvalue weighted by Crippen LogP contribution is 2.28. The van der Waals surface area contributed by atoms with E-state index in [1.165, 1.54) is 6.07 Å². The molecule has 0 fully saturated rings. The average molecular weight is 284 g/mol. The Morgan fingerprint density at radius 3 is 2.22 bits per heavy atom. The third-order valence-corrected chi connectivity index (χ3v) is 3.16. The van der Waals surface area contributed by atoms with Crippen molar-refractivity contribution in [1.82, 2.24) is 5.32 Å². The molecule has 0 heterocycles. The molecule has 0 bridgehead atoms. The van der Waals surface area contributed by atoms with Crippen LogP contribution in [0.2, 0.25) is 10.0 Å². The Kier molecular flexibility index (Phi) is 4.23. The zero-order chi connectivity index (χ0) is 13.1. The third kappa shape index (κ3) is 2.83. The smallest absolute Gasteiger partial charge is 0.128 e. The van der Waals surface area contributed by atoms with Crippen LogP contribution in [0.1, 0.15) is 17.2 Å². The van der Waals surface area contributed by atoms with Crippen LogP contribution in [0.25, 0.3) is 0 Å². The Hall–Kier alpha value is -1.09. The molecule has 0 saturated carbocycles. The number of rotatable bonds is 3. The van der Waals surface area contributed by atoms with Crippen LogP contribution in [0, 0.1) is 5.82 Å². The van der Waals surface area contributed by atoms with Crippen molar-refractivity contribution < 1.29 is 4.39 Å². The first-order chi connectivity index (χ1) is 8.61. The molecule has 0 aliphatic rings. The molecular formula is C14H12Cl2FN. The van der Waals surface area contributed by atoms with E-state index < -0.39 is 0 Å². The van der Waals surface area contributed by atoms with Crippen LogP contribution in [0.4, 0.5) is 4.39 Å². The van der Waals surface area contributed by atoms with Crippen LogP contribution in [-0.4, -0.2) is 7.05 Å². The standard InChI is InChI=1S/C14H12Cl2FN/c1-18-14(12-4-2-3-5-13(12)17)9-6-10(15)8-11(16)7-9/h2-8,14,18H,1H3. The van der Waals surface area contributed by atoms with E-state index in [2.05, 4.69) is 5.32 Å². The van der Waals surface area contributed by atoms with Gasteiger partial charge in [-0.3, -0.25) is 0 Å². The first kappa shape index (κ1) is 13.3. The molecule has 0 aliphatic carbocycles. The molecule has 4 heteroatoms. The first-order valence-electron chi connectivity index (χ1n) is 5.49. The normalized spacial score (nSPS) is 12.4. The molecule has 0 aliphatic heterocycles. The van der Waals surface area contributed by atoms with Crippen molar-refractivity contribution in [2.24, 2.45) is 0 Å². The van der Waals surface area contributed by atoms with E-state index in [1.54, 1.807) is 43.4 Å². The van der Waals surface area contributed by atoms with Crippen molar-refractivity contribution in [3.8, 4) is 0 Å². The van der Waals surface area contributed by atoms with Gasteiger partial charge in [0.2, 0.25) is 0 Å². The number of hydrogen-bond donors (Lipinski definition) is 1. The van der Waals surface area contributed by atoms with Gasteiger partial charge in [-0.2, -0.15) is 0 Å². The topological polar surface area (TPSA) is 12.0 Å². The molecule has 94 valence electrons. The predicted octanol–water partition coefficient (Wildman–Crippen LogP) is 4.44. The Balaban J connectivity index is 2.48. The minimum Gasteiger partial charge on any atom is -0.309 e. The maximum absolute atomic E-state index is 13.8. The Morgan fingerprint density at radius 1 is 1.06 bits per heavy atom. The van der Waals surface area contributed by atoms with Crippen LogP contribution in [-0.2, 0) is 0 Å². The predicted molar refractivity (Wildman–Crippen MR) is 73.8 cm³/mol. The second-order valence-electron chi connectivity index (χ2n) is 3.95. The summed E-state index contributed by atoms with van der Waals surface area (Å²) in [5.41, 5.74) is 1.40. The molecule has 18 heavy (non-hydrogen) atoms. The van der Waals surface area contributed by atoms with Crippen LogP contribution in [0.5, 0.6) is 0 Å². The van der Waals surface area contributed by atoms with Gasteiger partial charge in [0.1, 0.15) is 5.82 Å². The Labute approximate surface area is 116 Å². The quantitative estimate of drug-likeness (QED) is 0.878. The van der Waals surface area contributed by atoms with Crippen molar-refractivity contribution in [2.45, 2.75) is 6.04 Å². The second-order valence-corrected chi connectivity index (χ2v) is 4.82. The average Bonchev–Trinajstić information content (AvgIpc) is 2.31. The summed E-state index contributed by atoms with van der Waals surface area (Å²) in [5.74, 6) is -0.257. The maximum Gasteiger partial charge on any atom is 0.128 e. The number of nitrogens with one attached hydrogen (secondary N) is 1. The monoisotopic (exact) mass is 283 g/mol. The van der Waals surface area contributed by atoms with Crippen LogP contribution in [0.15, 0.2) is 42.5 Å². The first-order valence-corrected chi connectivity index (χ1v) is 6.25. The molecule has 0 radical (unpaired) electrons. The summed E-state index contributed by atoms with van der Waals surface area (Å²) in [5, 5.41) is 4.15. The SMILES string of the molecule is CNC(c1cc(Cl)cc(Cl)c1)c1ccccc1F. The highest BCUT2D eigenvalue weighted by Gasteiger charge is 2.16. The fraction of sp³-hybridized carbons (Fsp3) is 0.143. The summed E-state index contributed by atoms with van der Waals surface area (Å²) in [4.78, 5) is 0. The van der Waals surface area contributed by atoms with E-state index >= 15 is 0 Å². The van der Waals surface area contributed by atoms with Gasteiger partial charge in [0.05, 0.1) is 6.04 Å². The van der Waals surface area contributed by atoms with E-state index in [0.717, 1.165) is 5.56 Å². The molecule has 2 aromatic rings. The van der Waals surface area contributed by atoms with Gasteiger partial charge in [0.25, 0.3) is 0 Å². The van der Waals surface area contributed by atoms with E-state index in [1.807, 2.05) is 0 Å². The zero-order valence-corrected chi connectivity index (χ0v) is 11.3. The van der Waals surface area contributed by atoms with Gasteiger partial charge in [0, 0.05) is 15.6 Å². The highest BCUT2D eigenvalue weighted by atomic mass is 35.5. The van der Waals surface area contributed by atoms with Crippen LogP contribution >= 0.6 is 23.2 Å². The van der Waals surface area contributed by atoms with E-state index in [9.17, 15) is 4.39 Å². The van der Waals surface area contributed by atoms with E-state index in [0.29, 0.717) is 15.6 Å². The summed E-state index contributed by atoms with van der Waals surface area (Å²) in [6.45, 7) is 0. The Bertz CT molecular complexity index is 537. The lowest BCUT2D eigenvalue weighted by Crippen LogP contribution is -2.18. The van der Waals surface area contributed by atoms with Gasteiger partial charge in [-0.1, -0.05) is 41.4 Å². The highest BCUT2D eigenvalue weighted by molar-refractivity contribution is 6.34. The molecule has 0 amide bonds. The van der Waals surface area contributed by atoms with Crippen molar-refractivity contribution in [3.05, 3.63) is 69.5 Å². The van der Waals surface area contributed by atoms with Crippen molar-refractivity contribution in [1.29, 1.82) is 0 Å². The second kappa shape index (κ2) is 5.70. The minimum atomic E-state index is -0.276. The largest absolute Gasteiger partial charge is 0.309 e. The van der Waals surface area contributed by atoms with Crippen molar-refractivity contribution in [2.75, 3.05) is 7.05 Å². The van der Waals surface area contributed by atoms with E-state index in [-0.39, 0.29) is 11.9 Å². The molecular weight excluding hydrogens is 272 g/mol. The summed E-state index contributed by atoms with van der Waals surface area (Å²) in [6.07, 6.45) is 0. The maximum atomic E-state index is 13.8. The van der Waals surface area contributed by atoms with Crippen molar-refractivity contribution in [3.63, 3.8) is 0 Å². The van der Waals surface area contributed by atoms with Gasteiger partial charge in [0.15, 0.2) is 0 Å². The van der Waals surface area contributed by atoms with Gasteiger partial charge in [-0.15, -0.1) is 0 Å². The lowest BCUT2D eigenvalue weighted by molar-refractivity contribution is 0.576. The molecule has 1 unspecified atom stereocenters. The van der Waals surface area contributed by atoms with Gasteiger partial charge < -0.3 is 5.32 Å². The molecule has 0 saturated heterocycles. The van der Waals surface area contributed by atoms with Gasteiger partial charge in [-0.25, -0.2) is 4.39 Å². The van der Waals surface area contributed by atoms with Gasteiger partial charge in [-0.05, 0) is 36.9 Å². The molecule has 2 rings (SSSR count). The lowest BCUT2D eigenvalue weighted by atomic mass is 9.98. The zero-order valence-electron chi connectivity index (χ0n) is 9.75. The summed E-state index contributed by atoms with van der Waals surface area (Å²) < 4.78 is 13.8. The number of benzene rings is 2. The third-order valence-electron chi connectivity index (χ3n) is 2.72. The van der Waals surface area contributed by atoms with Crippen LogP contribution in [0.3, 0.4) is 0 Å². The van der Waals surface area contributed by atoms with E-state index in [4.69, 9.17) is 23.2 Å².